The zero-order valence-electron chi connectivity index (χ0n) is 19.4. The first kappa shape index (κ1) is 27.0. The van der Waals surface area contributed by atoms with Crippen molar-refractivity contribution < 1.29 is 9.47 Å². The smallest absolute Gasteiger partial charge is 0.190 e. The van der Waals surface area contributed by atoms with Gasteiger partial charge in [0.2, 0.25) is 0 Å². The topological polar surface area (TPSA) is 67.8 Å². The van der Waals surface area contributed by atoms with Gasteiger partial charge in [-0.25, -0.2) is 0 Å². The molecule has 0 saturated heterocycles. The lowest BCUT2D eigenvalue weighted by atomic mass is 9.89. The molecule has 0 bridgehead atoms. The molecule has 0 spiro atoms. The van der Waals surface area contributed by atoms with Gasteiger partial charge < -0.3 is 20.1 Å². The van der Waals surface area contributed by atoms with Crippen LogP contribution in [0.3, 0.4) is 0 Å². The number of benzene rings is 1. The fraction of sp³-hybridized carbons (Fsp3) is 0.500. The molecule has 0 aliphatic rings. The summed E-state index contributed by atoms with van der Waals surface area (Å²) in [6.07, 6.45) is 5.72. The highest BCUT2D eigenvalue weighted by Crippen LogP contribution is 2.28. The highest BCUT2D eigenvalue weighted by molar-refractivity contribution is 14.0. The number of rotatable bonds is 11. The molecule has 1 aromatic carbocycles. The van der Waals surface area contributed by atoms with Crippen molar-refractivity contribution in [2.45, 2.75) is 39.5 Å². The Morgan fingerprint density at radius 1 is 1.16 bits per heavy atom. The third-order valence-corrected chi connectivity index (χ3v) is 5.09. The molecule has 0 fully saturated rings. The molecule has 1 unspecified atom stereocenters. The van der Waals surface area contributed by atoms with Crippen LogP contribution in [0.2, 0.25) is 0 Å². The summed E-state index contributed by atoms with van der Waals surface area (Å²) in [5.41, 5.74) is 2.49. The molecule has 172 valence electrons. The van der Waals surface area contributed by atoms with Gasteiger partial charge >= 0.3 is 0 Å². The number of halogens is 1. The quantitative estimate of drug-likeness (QED) is 0.188. The molecule has 1 aromatic heterocycles. The van der Waals surface area contributed by atoms with Crippen molar-refractivity contribution in [1.82, 2.24) is 15.6 Å². The number of ether oxygens (including phenoxy) is 2. The van der Waals surface area contributed by atoms with Crippen molar-refractivity contribution in [1.29, 1.82) is 0 Å². The molecule has 1 heterocycles. The third-order valence-electron chi connectivity index (χ3n) is 5.09. The predicted octanol–water partition coefficient (Wildman–Crippen LogP) is 4.64. The molecule has 1 atom stereocenters. The maximum atomic E-state index is 5.67. The first-order valence-corrected chi connectivity index (χ1v) is 10.7. The van der Waals surface area contributed by atoms with Gasteiger partial charge in [0, 0.05) is 38.4 Å². The van der Waals surface area contributed by atoms with Gasteiger partial charge in [-0.2, -0.15) is 0 Å². The average Bonchev–Trinajstić information content (AvgIpc) is 2.76. The van der Waals surface area contributed by atoms with Crippen molar-refractivity contribution in [3.63, 3.8) is 0 Å². The van der Waals surface area contributed by atoms with E-state index in [2.05, 4.69) is 52.7 Å². The van der Waals surface area contributed by atoms with Crippen molar-refractivity contribution in [3.05, 3.63) is 53.9 Å². The van der Waals surface area contributed by atoms with E-state index in [4.69, 9.17) is 9.47 Å². The van der Waals surface area contributed by atoms with Gasteiger partial charge in [0.05, 0.1) is 13.7 Å². The molecule has 0 amide bonds. The molecule has 0 saturated carbocycles. The molecule has 7 heteroatoms. The molecule has 0 aliphatic carbocycles. The number of nitrogens with zero attached hydrogens (tertiary/aromatic N) is 2. The highest BCUT2D eigenvalue weighted by Gasteiger charge is 2.16. The van der Waals surface area contributed by atoms with Crippen molar-refractivity contribution in [2.24, 2.45) is 10.9 Å². The van der Waals surface area contributed by atoms with Crippen LogP contribution >= 0.6 is 24.0 Å². The summed E-state index contributed by atoms with van der Waals surface area (Å²) in [6.45, 7) is 8.74. The summed E-state index contributed by atoms with van der Waals surface area (Å²) >= 11 is 0. The maximum absolute atomic E-state index is 5.67. The summed E-state index contributed by atoms with van der Waals surface area (Å²) in [7, 11) is 3.47. The summed E-state index contributed by atoms with van der Waals surface area (Å²) in [5.74, 6) is 3.30. The minimum Gasteiger partial charge on any atom is -0.493 e. The predicted molar refractivity (Wildman–Crippen MR) is 139 cm³/mol. The normalized spacial score (nSPS) is 12.1. The second-order valence-electron chi connectivity index (χ2n) is 7.54. The first-order chi connectivity index (χ1) is 14.6. The largest absolute Gasteiger partial charge is 0.493 e. The Balaban J connectivity index is 0.00000480. The number of pyridine rings is 1. The fourth-order valence-corrected chi connectivity index (χ4v) is 3.41. The minimum absolute atomic E-state index is 0. The van der Waals surface area contributed by atoms with Crippen LogP contribution in [-0.4, -0.2) is 44.8 Å². The van der Waals surface area contributed by atoms with Crippen LogP contribution < -0.4 is 20.1 Å². The molecule has 2 N–H and O–H groups in total. The van der Waals surface area contributed by atoms with Crippen LogP contribution in [0.5, 0.6) is 11.5 Å². The highest BCUT2D eigenvalue weighted by atomic mass is 127. The molecule has 0 aliphatic heterocycles. The van der Waals surface area contributed by atoms with Crippen molar-refractivity contribution in [3.8, 4) is 11.5 Å². The second kappa shape index (κ2) is 14.9. The molecule has 2 rings (SSSR count). The lowest BCUT2D eigenvalue weighted by molar-refractivity contribution is 0.310. The van der Waals surface area contributed by atoms with Crippen LogP contribution in [0.4, 0.5) is 0 Å². The van der Waals surface area contributed by atoms with E-state index in [1.165, 1.54) is 11.1 Å². The Morgan fingerprint density at radius 2 is 1.97 bits per heavy atom. The minimum atomic E-state index is 0. The molecular weight excluding hydrogens is 503 g/mol. The molecular formula is C24H37IN4O2. The average molecular weight is 540 g/mol. The van der Waals surface area contributed by atoms with Crippen LogP contribution in [-0.2, 0) is 6.42 Å². The van der Waals surface area contributed by atoms with Crippen molar-refractivity contribution >= 4 is 29.9 Å². The van der Waals surface area contributed by atoms with Gasteiger partial charge in [0.15, 0.2) is 17.5 Å². The number of aryl methyl sites for hydroxylation is 1. The lowest BCUT2D eigenvalue weighted by Crippen LogP contribution is -2.40. The van der Waals surface area contributed by atoms with Gasteiger partial charge in [-0.15, -0.1) is 24.0 Å². The monoisotopic (exact) mass is 540 g/mol. The second-order valence-corrected chi connectivity index (χ2v) is 7.54. The van der Waals surface area contributed by atoms with E-state index < -0.39 is 0 Å². The van der Waals surface area contributed by atoms with E-state index in [0.29, 0.717) is 18.4 Å². The number of hydrogen-bond acceptors (Lipinski definition) is 4. The summed E-state index contributed by atoms with van der Waals surface area (Å²) in [4.78, 5) is 8.62. The van der Waals surface area contributed by atoms with Gasteiger partial charge in [0.1, 0.15) is 0 Å². The van der Waals surface area contributed by atoms with E-state index >= 15 is 0 Å². The third kappa shape index (κ3) is 8.93. The summed E-state index contributed by atoms with van der Waals surface area (Å²) in [5, 5.41) is 6.88. The maximum Gasteiger partial charge on any atom is 0.190 e. The summed E-state index contributed by atoms with van der Waals surface area (Å²) in [6, 6.07) is 10.3. The fourth-order valence-electron chi connectivity index (χ4n) is 3.41. The number of methoxy groups -OCH3 is 1. The number of aromatic nitrogens is 1. The summed E-state index contributed by atoms with van der Waals surface area (Å²) < 4.78 is 11.0. The zero-order chi connectivity index (χ0) is 21.8. The van der Waals surface area contributed by atoms with Gasteiger partial charge in [-0.1, -0.05) is 26.0 Å². The SMILES string of the molecule is CCOc1cc(CCCNC(=NC)NCC(c2cccnc2)C(C)C)ccc1OC.I. The van der Waals surface area contributed by atoms with Crippen LogP contribution in [0, 0.1) is 5.92 Å². The van der Waals surface area contributed by atoms with Crippen LogP contribution in [0.15, 0.2) is 47.7 Å². The van der Waals surface area contributed by atoms with Gasteiger partial charge in [-0.05, 0) is 55.0 Å². The van der Waals surface area contributed by atoms with Crippen LogP contribution in [0.25, 0.3) is 0 Å². The van der Waals surface area contributed by atoms with Crippen LogP contribution in [0.1, 0.15) is 44.2 Å². The number of guanidine groups is 1. The van der Waals surface area contributed by atoms with E-state index in [1.54, 1.807) is 7.11 Å². The van der Waals surface area contributed by atoms with E-state index in [0.717, 1.165) is 43.4 Å². The van der Waals surface area contributed by atoms with E-state index in [9.17, 15) is 0 Å². The van der Waals surface area contributed by atoms with E-state index in [-0.39, 0.29) is 24.0 Å². The molecule has 6 nitrogen and oxygen atoms in total. The molecule has 2 aromatic rings. The Bertz CT molecular complexity index is 784. The van der Waals surface area contributed by atoms with E-state index in [1.807, 2.05) is 38.5 Å². The Labute approximate surface area is 204 Å². The Hall–Kier alpha value is -2.03. The van der Waals surface area contributed by atoms with Crippen molar-refractivity contribution in [2.75, 3.05) is 33.9 Å². The Kier molecular flexibility index (Phi) is 13.0. The number of nitrogens with one attached hydrogen (secondary N) is 2. The first-order valence-electron chi connectivity index (χ1n) is 10.7. The number of aliphatic imine (C=N–C) groups is 1. The zero-order valence-corrected chi connectivity index (χ0v) is 21.7. The van der Waals surface area contributed by atoms with Gasteiger partial charge in [-0.3, -0.25) is 9.98 Å². The lowest BCUT2D eigenvalue weighted by Gasteiger charge is -2.23. The number of hydrogen-bond donors (Lipinski definition) is 2. The Morgan fingerprint density at radius 3 is 2.58 bits per heavy atom. The standard InChI is InChI=1S/C24H36N4O2.HI/c1-6-30-23-15-19(11-12-22(23)29-5)9-7-14-27-24(25-4)28-17-21(18(2)3)20-10-8-13-26-16-20;/h8,10-13,15-16,18,21H,6-7,9,14,17H2,1-5H3,(H2,25,27,28);1H. The van der Waals surface area contributed by atoms with Gasteiger partial charge in [0.25, 0.3) is 0 Å². The molecule has 31 heavy (non-hydrogen) atoms. The molecule has 0 radical (unpaired) electrons.